The zero-order valence-electron chi connectivity index (χ0n) is 14.0. The third-order valence-electron chi connectivity index (χ3n) is 3.74. The van der Waals surface area contributed by atoms with Gasteiger partial charge >= 0.3 is 6.09 Å². The summed E-state index contributed by atoms with van der Waals surface area (Å²) in [5.41, 5.74) is -0.454. The van der Waals surface area contributed by atoms with E-state index in [9.17, 15) is 4.79 Å². The molecule has 1 fully saturated rings. The molecule has 0 radical (unpaired) electrons. The summed E-state index contributed by atoms with van der Waals surface area (Å²) in [4.78, 5) is 15.4. The second-order valence-electron chi connectivity index (χ2n) is 6.81. The molecule has 1 aliphatic heterocycles. The van der Waals surface area contributed by atoms with Crippen molar-refractivity contribution in [3.63, 3.8) is 0 Å². The molecular formula is C17H27NO3S. The predicted molar refractivity (Wildman–Crippen MR) is 89.3 cm³/mol. The van der Waals surface area contributed by atoms with E-state index in [0.29, 0.717) is 6.61 Å². The first-order chi connectivity index (χ1) is 10.4. The van der Waals surface area contributed by atoms with Crippen molar-refractivity contribution in [1.82, 2.24) is 4.90 Å². The van der Waals surface area contributed by atoms with Gasteiger partial charge in [0.25, 0.3) is 0 Å². The number of ether oxygens (including phenoxy) is 2. The van der Waals surface area contributed by atoms with Crippen LogP contribution in [-0.4, -0.2) is 35.8 Å². The van der Waals surface area contributed by atoms with Gasteiger partial charge in [0.2, 0.25) is 0 Å². The molecule has 2 rings (SSSR count). The summed E-state index contributed by atoms with van der Waals surface area (Å²) in [7, 11) is 0. The molecule has 0 aromatic carbocycles. The highest BCUT2D eigenvalue weighted by atomic mass is 32.1. The fraction of sp³-hybridized carbons (Fsp3) is 0.706. The fourth-order valence-electron chi connectivity index (χ4n) is 2.59. The van der Waals surface area contributed by atoms with Gasteiger partial charge in [-0.2, -0.15) is 0 Å². The molecule has 4 nitrogen and oxygen atoms in total. The Morgan fingerprint density at radius 1 is 1.45 bits per heavy atom. The van der Waals surface area contributed by atoms with Crippen LogP contribution in [0.25, 0.3) is 0 Å². The van der Waals surface area contributed by atoms with Crippen molar-refractivity contribution in [2.75, 3.05) is 13.2 Å². The van der Waals surface area contributed by atoms with Crippen LogP contribution in [0.3, 0.4) is 0 Å². The number of nitrogens with zero attached hydrogens (tertiary/aromatic N) is 1. The van der Waals surface area contributed by atoms with E-state index in [2.05, 4.69) is 18.4 Å². The lowest BCUT2D eigenvalue weighted by Gasteiger charge is -2.37. The fourth-order valence-corrected chi connectivity index (χ4v) is 3.33. The van der Waals surface area contributed by atoms with Crippen LogP contribution >= 0.6 is 11.3 Å². The number of carbonyl (C=O) groups excluding carboxylic acids is 1. The summed E-state index contributed by atoms with van der Waals surface area (Å²) in [5.74, 6) is 0. The molecule has 0 N–H and O–H groups in total. The van der Waals surface area contributed by atoms with E-state index in [1.807, 2.05) is 31.7 Å². The lowest BCUT2D eigenvalue weighted by molar-refractivity contribution is -0.0204. The van der Waals surface area contributed by atoms with E-state index in [1.54, 1.807) is 11.3 Å². The lowest BCUT2D eigenvalue weighted by atomic mass is 10.0. The third kappa shape index (κ3) is 4.99. The highest BCUT2D eigenvalue weighted by molar-refractivity contribution is 7.10. The van der Waals surface area contributed by atoms with Gasteiger partial charge in [0.05, 0.1) is 18.8 Å². The number of hydrogen-bond acceptors (Lipinski definition) is 4. The quantitative estimate of drug-likeness (QED) is 0.811. The highest BCUT2D eigenvalue weighted by Crippen LogP contribution is 2.25. The highest BCUT2D eigenvalue weighted by Gasteiger charge is 2.30. The molecule has 2 heterocycles. The number of carbonyl (C=O) groups is 1. The van der Waals surface area contributed by atoms with Crippen LogP contribution in [0, 0.1) is 0 Å². The predicted octanol–water partition coefficient (Wildman–Crippen LogP) is 4.62. The zero-order valence-corrected chi connectivity index (χ0v) is 14.8. The Morgan fingerprint density at radius 3 is 2.86 bits per heavy atom. The second kappa shape index (κ2) is 7.47. The number of piperidine rings is 1. The largest absolute Gasteiger partial charge is 0.444 e. The Bertz CT molecular complexity index is 467. The smallest absolute Gasteiger partial charge is 0.410 e. The normalized spacial score (nSPS) is 20.7. The summed E-state index contributed by atoms with van der Waals surface area (Å²) >= 11 is 1.70. The van der Waals surface area contributed by atoms with E-state index >= 15 is 0 Å². The van der Waals surface area contributed by atoms with E-state index in [-0.39, 0.29) is 18.2 Å². The van der Waals surface area contributed by atoms with Crippen molar-refractivity contribution in [2.24, 2.45) is 0 Å². The monoisotopic (exact) mass is 325 g/mol. The first-order valence-electron chi connectivity index (χ1n) is 8.01. The van der Waals surface area contributed by atoms with E-state index in [4.69, 9.17) is 9.47 Å². The average Bonchev–Trinajstić information content (AvgIpc) is 2.97. The van der Waals surface area contributed by atoms with Crippen LogP contribution in [-0.2, 0) is 9.47 Å². The number of rotatable bonds is 4. The number of likely N-dealkylation sites (tertiary alicyclic amines) is 1. The molecule has 2 atom stereocenters. The van der Waals surface area contributed by atoms with Gasteiger partial charge in [0.1, 0.15) is 5.60 Å². The molecule has 0 aliphatic carbocycles. The van der Waals surface area contributed by atoms with Crippen LogP contribution in [0.4, 0.5) is 4.79 Å². The molecule has 0 unspecified atom stereocenters. The van der Waals surface area contributed by atoms with Gasteiger partial charge in [0, 0.05) is 11.4 Å². The Labute approximate surface area is 137 Å². The van der Waals surface area contributed by atoms with Crippen LogP contribution < -0.4 is 0 Å². The number of thiophene rings is 1. The van der Waals surface area contributed by atoms with Crippen LogP contribution in [0.5, 0.6) is 0 Å². The molecule has 0 saturated carbocycles. The third-order valence-corrected chi connectivity index (χ3v) is 4.77. The molecule has 5 heteroatoms. The van der Waals surface area contributed by atoms with Crippen LogP contribution in [0.15, 0.2) is 17.5 Å². The van der Waals surface area contributed by atoms with Gasteiger partial charge in [-0.15, -0.1) is 11.3 Å². The van der Waals surface area contributed by atoms with Crippen molar-refractivity contribution in [3.05, 3.63) is 22.4 Å². The first kappa shape index (κ1) is 17.3. The van der Waals surface area contributed by atoms with E-state index < -0.39 is 5.60 Å². The molecule has 0 bridgehead atoms. The summed E-state index contributed by atoms with van der Waals surface area (Å²) in [6, 6.07) is 4.24. The molecule has 1 saturated heterocycles. The first-order valence-corrected chi connectivity index (χ1v) is 8.89. The Balaban J connectivity index is 1.90. The van der Waals surface area contributed by atoms with Gasteiger partial charge in [0.15, 0.2) is 0 Å². The van der Waals surface area contributed by atoms with Gasteiger partial charge in [-0.3, -0.25) is 0 Å². The standard InChI is InChI=1S/C17H27NO3S/c1-13(15-9-7-11-22-15)20-12-14-8-5-6-10-18(14)16(19)21-17(2,3)4/h7,9,11,13-14H,5-6,8,10,12H2,1-4H3/t13-,14+/m1/s1. The van der Waals surface area contributed by atoms with Crippen molar-refractivity contribution < 1.29 is 14.3 Å². The maximum atomic E-state index is 12.3. The summed E-state index contributed by atoms with van der Waals surface area (Å²) in [6.07, 6.45) is 3.01. The van der Waals surface area contributed by atoms with Gasteiger partial charge in [-0.25, -0.2) is 4.79 Å². The average molecular weight is 325 g/mol. The Morgan fingerprint density at radius 2 is 2.23 bits per heavy atom. The lowest BCUT2D eigenvalue weighted by Crippen LogP contribution is -2.48. The second-order valence-corrected chi connectivity index (χ2v) is 7.79. The van der Waals surface area contributed by atoms with Crippen molar-refractivity contribution >= 4 is 17.4 Å². The minimum Gasteiger partial charge on any atom is -0.444 e. The SMILES string of the molecule is C[C@@H](OC[C@@H]1CCCCN1C(=O)OC(C)(C)C)c1cccs1. The summed E-state index contributed by atoms with van der Waals surface area (Å²) < 4.78 is 11.5. The van der Waals surface area contributed by atoms with Crippen molar-refractivity contribution in [2.45, 2.75) is 64.7 Å². The van der Waals surface area contributed by atoms with Crippen molar-refractivity contribution in [1.29, 1.82) is 0 Å². The summed E-state index contributed by atoms with van der Waals surface area (Å²) in [6.45, 7) is 9.10. The minimum atomic E-state index is -0.454. The molecule has 1 aromatic heterocycles. The van der Waals surface area contributed by atoms with Crippen LogP contribution in [0.1, 0.15) is 57.9 Å². The Kier molecular flexibility index (Phi) is 5.87. The van der Waals surface area contributed by atoms with Gasteiger partial charge < -0.3 is 14.4 Å². The molecule has 0 spiro atoms. The molecular weight excluding hydrogens is 298 g/mol. The minimum absolute atomic E-state index is 0.0717. The molecule has 22 heavy (non-hydrogen) atoms. The van der Waals surface area contributed by atoms with Crippen LogP contribution in [0.2, 0.25) is 0 Å². The van der Waals surface area contributed by atoms with Gasteiger partial charge in [-0.05, 0) is 58.4 Å². The maximum Gasteiger partial charge on any atom is 0.410 e. The number of hydrogen-bond donors (Lipinski definition) is 0. The zero-order chi connectivity index (χ0) is 16.2. The summed E-state index contributed by atoms with van der Waals surface area (Å²) in [5, 5.41) is 2.06. The molecule has 1 aromatic rings. The van der Waals surface area contributed by atoms with E-state index in [0.717, 1.165) is 25.8 Å². The Hall–Kier alpha value is -1.07. The van der Waals surface area contributed by atoms with Gasteiger partial charge in [-0.1, -0.05) is 6.07 Å². The van der Waals surface area contributed by atoms with E-state index in [1.165, 1.54) is 4.88 Å². The van der Waals surface area contributed by atoms with Crippen molar-refractivity contribution in [3.8, 4) is 0 Å². The molecule has 1 aliphatic rings. The maximum absolute atomic E-state index is 12.3. The number of amides is 1. The topological polar surface area (TPSA) is 38.8 Å². The molecule has 124 valence electrons. The molecule has 1 amide bonds.